The lowest BCUT2D eigenvalue weighted by Gasteiger charge is -2.34. The molecule has 0 spiro atoms. The number of hydrogen-bond acceptors (Lipinski definition) is 7. The topological polar surface area (TPSA) is 103 Å². The predicted octanol–water partition coefficient (Wildman–Crippen LogP) is 2.66. The highest BCUT2D eigenvalue weighted by Crippen LogP contribution is 2.26. The fourth-order valence-electron chi connectivity index (χ4n) is 3.73. The van der Waals surface area contributed by atoms with Crippen molar-refractivity contribution >= 4 is 0 Å². The highest BCUT2D eigenvalue weighted by molar-refractivity contribution is 5.41. The second kappa shape index (κ2) is 14.9. The van der Waals surface area contributed by atoms with E-state index in [0.717, 1.165) is 70.4 Å². The Bertz CT molecular complexity index is 722. The number of nitrogens with one attached hydrogen (secondary N) is 2. The normalized spacial score (nSPS) is 17.8. The van der Waals surface area contributed by atoms with Crippen LogP contribution in [0.4, 0.5) is 0 Å². The average Bonchev–Trinajstić information content (AvgIpc) is 2.83. The zero-order valence-corrected chi connectivity index (χ0v) is 19.3. The van der Waals surface area contributed by atoms with Gasteiger partial charge in [-0.1, -0.05) is 31.1 Å². The van der Waals surface area contributed by atoms with Crippen molar-refractivity contribution in [2.75, 3.05) is 46.6 Å². The van der Waals surface area contributed by atoms with Crippen LogP contribution in [0.25, 0.3) is 0 Å². The maximum Gasteiger partial charge on any atom is 0.160 e. The van der Waals surface area contributed by atoms with E-state index in [1.807, 2.05) is 30.4 Å². The Hall–Kier alpha value is -2.06. The van der Waals surface area contributed by atoms with Crippen molar-refractivity contribution in [1.82, 2.24) is 10.6 Å². The molecule has 0 aromatic heterocycles. The molecule has 1 heterocycles. The second-order valence-electron chi connectivity index (χ2n) is 8.32. The molecule has 1 aliphatic rings. The van der Waals surface area contributed by atoms with Gasteiger partial charge in [0.05, 0.1) is 25.9 Å². The first-order valence-corrected chi connectivity index (χ1v) is 11.6. The lowest BCUT2D eigenvalue weighted by molar-refractivity contribution is 0.126. The Morgan fingerprint density at radius 3 is 2.56 bits per heavy atom. The molecule has 5 N–H and O–H groups in total. The van der Waals surface area contributed by atoms with Gasteiger partial charge >= 0.3 is 0 Å². The third-order valence-corrected chi connectivity index (χ3v) is 5.66. The summed E-state index contributed by atoms with van der Waals surface area (Å²) in [5.41, 5.74) is 1.36. The molecule has 1 atom stereocenters. The number of aliphatic hydroxyl groups excluding tert-OH is 2. The summed E-state index contributed by atoms with van der Waals surface area (Å²) in [6.45, 7) is 3.04. The summed E-state index contributed by atoms with van der Waals surface area (Å²) in [5, 5.41) is 35.2. The third kappa shape index (κ3) is 9.20. The van der Waals surface area contributed by atoms with E-state index >= 15 is 0 Å². The lowest BCUT2D eigenvalue weighted by Crippen LogP contribution is -2.54. The van der Waals surface area contributed by atoms with Crippen molar-refractivity contribution in [2.24, 2.45) is 0 Å². The minimum atomic E-state index is -0.533. The van der Waals surface area contributed by atoms with Gasteiger partial charge in [-0.05, 0) is 62.4 Å². The van der Waals surface area contributed by atoms with Gasteiger partial charge in [-0.25, -0.2) is 0 Å². The Labute approximate surface area is 192 Å². The molecule has 0 fully saturated rings. The van der Waals surface area contributed by atoms with E-state index in [2.05, 4.69) is 10.6 Å². The van der Waals surface area contributed by atoms with Crippen molar-refractivity contribution in [2.45, 2.75) is 50.5 Å². The van der Waals surface area contributed by atoms with Crippen LogP contribution >= 0.6 is 0 Å². The molecule has 1 aromatic rings. The average molecular weight is 449 g/mol. The van der Waals surface area contributed by atoms with Crippen molar-refractivity contribution in [3.8, 4) is 11.5 Å². The molecule has 0 saturated carbocycles. The van der Waals surface area contributed by atoms with E-state index in [1.54, 1.807) is 13.2 Å². The summed E-state index contributed by atoms with van der Waals surface area (Å²) in [6.07, 6.45) is 13.1. The fraction of sp³-hybridized carbons (Fsp3) is 0.600. The monoisotopic (exact) mass is 448 g/mol. The molecule has 180 valence electrons. The van der Waals surface area contributed by atoms with Crippen LogP contribution in [0.5, 0.6) is 11.5 Å². The predicted molar refractivity (Wildman–Crippen MR) is 127 cm³/mol. The molecule has 1 aromatic carbocycles. The number of benzene rings is 1. The van der Waals surface area contributed by atoms with E-state index in [-0.39, 0.29) is 19.0 Å². The number of phenols is 1. The molecule has 0 aliphatic carbocycles. The summed E-state index contributed by atoms with van der Waals surface area (Å²) in [6, 6.07) is 5.50. The Balaban J connectivity index is 1.41. The van der Waals surface area contributed by atoms with Crippen LogP contribution in [0.3, 0.4) is 0 Å². The molecular weight excluding hydrogens is 408 g/mol. The van der Waals surface area contributed by atoms with Crippen molar-refractivity contribution in [1.29, 1.82) is 0 Å². The van der Waals surface area contributed by atoms with Gasteiger partial charge in [-0.2, -0.15) is 0 Å². The third-order valence-electron chi connectivity index (χ3n) is 5.66. The summed E-state index contributed by atoms with van der Waals surface area (Å²) in [5.74, 6) is 0.703. The van der Waals surface area contributed by atoms with Crippen LogP contribution in [-0.2, 0) is 11.2 Å². The number of aromatic hydroxyl groups is 1. The molecular formula is C25H40N2O5. The van der Waals surface area contributed by atoms with Crippen molar-refractivity contribution < 1.29 is 24.8 Å². The minimum Gasteiger partial charge on any atom is -0.504 e. The van der Waals surface area contributed by atoms with Crippen LogP contribution < -0.4 is 15.4 Å². The minimum absolute atomic E-state index is 0.0195. The fourth-order valence-corrected chi connectivity index (χ4v) is 3.73. The zero-order chi connectivity index (χ0) is 23.1. The standard InChI is InChI=1S/C25H40N2O5/c1-31-24-17-21(11-12-23(24)30)9-4-7-16-32-15-6-3-2-5-14-26-19-25(20-29)13-8-10-22(18-28)27-25/h8,10-13,17,26-30H,2-7,9,14-16,18-20H2,1H3. The Morgan fingerprint density at radius 2 is 1.81 bits per heavy atom. The molecule has 1 aliphatic heterocycles. The zero-order valence-electron chi connectivity index (χ0n) is 19.3. The van der Waals surface area contributed by atoms with Gasteiger partial charge in [0, 0.05) is 25.5 Å². The number of phenolic OH excluding ortho intramolecular Hbond substituents is 1. The quantitative estimate of drug-likeness (QED) is 0.234. The van der Waals surface area contributed by atoms with Gasteiger partial charge in [0.1, 0.15) is 0 Å². The van der Waals surface area contributed by atoms with Crippen molar-refractivity contribution in [3.05, 3.63) is 47.7 Å². The molecule has 0 saturated heterocycles. The van der Waals surface area contributed by atoms with Crippen molar-refractivity contribution in [3.63, 3.8) is 0 Å². The molecule has 0 radical (unpaired) electrons. The number of unbranched alkanes of at least 4 members (excludes halogenated alkanes) is 4. The van der Waals surface area contributed by atoms with Crippen LogP contribution in [-0.4, -0.2) is 67.5 Å². The van der Waals surface area contributed by atoms with Gasteiger partial charge in [0.15, 0.2) is 11.5 Å². The molecule has 2 rings (SSSR count). The maximum atomic E-state index is 9.73. The van der Waals surface area contributed by atoms with E-state index in [0.29, 0.717) is 12.3 Å². The van der Waals surface area contributed by atoms with Crippen LogP contribution in [0.1, 0.15) is 44.1 Å². The largest absolute Gasteiger partial charge is 0.504 e. The Morgan fingerprint density at radius 1 is 1.03 bits per heavy atom. The summed E-state index contributed by atoms with van der Waals surface area (Å²) < 4.78 is 10.9. The number of aliphatic hydroxyl groups is 2. The first kappa shape index (κ1) is 26.2. The van der Waals surface area contributed by atoms with E-state index < -0.39 is 5.54 Å². The number of aryl methyl sites for hydroxylation is 1. The number of methoxy groups -OCH3 is 1. The number of dihydropyridines is 1. The molecule has 0 amide bonds. The highest BCUT2D eigenvalue weighted by atomic mass is 16.5. The second-order valence-corrected chi connectivity index (χ2v) is 8.32. The van der Waals surface area contributed by atoms with Gasteiger partial charge in [-0.3, -0.25) is 0 Å². The smallest absolute Gasteiger partial charge is 0.160 e. The van der Waals surface area contributed by atoms with Gasteiger partial charge in [0.2, 0.25) is 0 Å². The van der Waals surface area contributed by atoms with E-state index in [9.17, 15) is 15.3 Å². The summed E-state index contributed by atoms with van der Waals surface area (Å²) in [7, 11) is 1.56. The highest BCUT2D eigenvalue weighted by Gasteiger charge is 2.27. The lowest BCUT2D eigenvalue weighted by atomic mass is 9.96. The molecule has 32 heavy (non-hydrogen) atoms. The number of allylic oxidation sites excluding steroid dienone is 2. The van der Waals surface area contributed by atoms with Crippen LogP contribution in [0.15, 0.2) is 42.1 Å². The summed E-state index contributed by atoms with van der Waals surface area (Å²) >= 11 is 0. The first-order chi connectivity index (χ1) is 15.6. The molecule has 7 heteroatoms. The number of ether oxygens (including phenoxy) is 2. The molecule has 7 nitrogen and oxygen atoms in total. The van der Waals surface area contributed by atoms with E-state index in [4.69, 9.17) is 9.47 Å². The van der Waals surface area contributed by atoms with E-state index in [1.165, 1.54) is 5.56 Å². The number of hydrogen-bond donors (Lipinski definition) is 5. The van der Waals surface area contributed by atoms with Gasteiger partial charge in [0.25, 0.3) is 0 Å². The van der Waals surface area contributed by atoms with Gasteiger partial charge in [-0.15, -0.1) is 0 Å². The van der Waals surface area contributed by atoms with Crippen LogP contribution in [0.2, 0.25) is 0 Å². The molecule has 0 bridgehead atoms. The molecule has 1 unspecified atom stereocenters. The van der Waals surface area contributed by atoms with Crippen LogP contribution in [0, 0.1) is 0 Å². The Kier molecular flexibility index (Phi) is 12.2. The number of rotatable bonds is 17. The maximum absolute atomic E-state index is 9.73. The SMILES string of the molecule is COc1cc(CCCCOCCCCCCNCC2(CO)C=CC=C(CO)N2)ccc1O. The summed E-state index contributed by atoms with van der Waals surface area (Å²) in [4.78, 5) is 0. The van der Waals surface area contributed by atoms with Gasteiger partial charge < -0.3 is 35.4 Å². The first-order valence-electron chi connectivity index (χ1n) is 11.6.